The van der Waals surface area contributed by atoms with E-state index < -0.39 is 5.91 Å². The molecule has 0 fully saturated rings. The van der Waals surface area contributed by atoms with Crippen LogP contribution < -0.4 is 27.4 Å². The smallest absolute Gasteiger partial charge is 0.236 e. The van der Waals surface area contributed by atoms with Crippen LogP contribution in [0.2, 0.25) is 0 Å². The number of nitrogens with one attached hydrogen (secondary N) is 3. The Kier molecular flexibility index (Phi) is 35.3. The van der Waals surface area contributed by atoms with Gasteiger partial charge in [0.25, 0.3) is 0 Å². The molecule has 4 amide bonds. The molecule has 0 spiro atoms. The van der Waals surface area contributed by atoms with E-state index in [4.69, 9.17) is 11.5 Å². The van der Waals surface area contributed by atoms with Gasteiger partial charge >= 0.3 is 0 Å². The first-order valence-electron chi connectivity index (χ1n) is 9.93. The number of unbranched alkanes of at least 4 members (excludes halogenated alkanes) is 3. The lowest BCUT2D eigenvalue weighted by Crippen LogP contribution is -2.37. The van der Waals surface area contributed by atoms with Gasteiger partial charge < -0.3 is 27.4 Å². The van der Waals surface area contributed by atoms with Gasteiger partial charge in [-0.3, -0.25) is 19.2 Å². The van der Waals surface area contributed by atoms with Crippen LogP contribution in [-0.4, -0.2) is 50.3 Å². The van der Waals surface area contributed by atoms with E-state index in [-0.39, 0.29) is 30.8 Å². The predicted molar refractivity (Wildman–Crippen MR) is 114 cm³/mol. The lowest BCUT2D eigenvalue weighted by molar-refractivity contribution is -0.124. The summed E-state index contributed by atoms with van der Waals surface area (Å²) >= 11 is 0. The molecule has 28 heavy (non-hydrogen) atoms. The summed E-state index contributed by atoms with van der Waals surface area (Å²) in [7, 11) is 1.64. The second kappa shape index (κ2) is 29.6. The number of primary amides is 2. The third-order valence-electron chi connectivity index (χ3n) is 2.77. The summed E-state index contributed by atoms with van der Waals surface area (Å²) < 4.78 is 0. The standard InChI is InChI=1S/C8H16N2O2.C5H11N3O2.C4H10.C2H6/c1-7(11)10-6-4-2-3-5-8(9)12;1-7-3-5(10)8-2-4(6)9;1-3-4-2;1-2/h2-6H2,1H3,(H2,9,12)(H,10,11);7H,2-3H2,1H3,(H2,6,9)(H,8,10);3-4H2,1-2H3;1-2H3. The van der Waals surface area contributed by atoms with Gasteiger partial charge in [-0.25, -0.2) is 0 Å². The Morgan fingerprint density at radius 2 is 1.32 bits per heavy atom. The van der Waals surface area contributed by atoms with Crippen LogP contribution in [0.25, 0.3) is 0 Å². The molecule has 0 aliphatic heterocycles. The van der Waals surface area contributed by atoms with Crippen LogP contribution in [0, 0.1) is 0 Å². The molecule has 0 atom stereocenters. The van der Waals surface area contributed by atoms with Crippen LogP contribution in [0.4, 0.5) is 0 Å². The SMILES string of the molecule is CC.CC(=O)NCCCCCC(N)=O.CCCC.CNCC(=O)NCC(N)=O. The molecule has 0 rings (SSSR count). The van der Waals surface area contributed by atoms with Crippen LogP contribution in [0.5, 0.6) is 0 Å². The number of carbonyl (C=O) groups excluding carboxylic acids is 4. The summed E-state index contributed by atoms with van der Waals surface area (Å²) in [4.78, 5) is 41.4. The Balaban J connectivity index is -0.000000162. The molecule has 0 bridgehead atoms. The van der Waals surface area contributed by atoms with Gasteiger partial charge in [0.15, 0.2) is 0 Å². The highest BCUT2D eigenvalue weighted by atomic mass is 16.2. The molecule has 9 heteroatoms. The van der Waals surface area contributed by atoms with E-state index in [1.807, 2.05) is 13.8 Å². The van der Waals surface area contributed by atoms with Crippen molar-refractivity contribution in [2.24, 2.45) is 11.5 Å². The molecule has 0 aliphatic rings. The Morgan fingerprint density at radius 3 is 1.68 bits per heavy atom. The highest BCUT2D eigenvalue weighted by Gasteiger charge is 1.98. The van der Waals surface area contributed by atoms with E-state index in [0.717, 1.165) is 19.3 Å². The van der Waals surface area contributed by atoms with Gasteiger partial charge in [-0.15, -0.1) is 0 Å². The minimum absolute atomic E-state index is 0.00935. The molecule has 168 valence electrons. The Morgan fingerprint density at radius 1 is 0.786 bits per heavy atom. The summed E-state index contributed by atoms with van der Waals surface area (Å²) in [6.45, 7) is 10.6. The molecule has 9 nitrogen and oxygen atoms in total. The zero-order valence-corrected chi connectivity index (χ0v) is 18.7. The monoisotopic (exact) mass is 405 g/mol. The first-order valence-corrected chi connectivity index (χ1v) is 9.93. The summed E-state index contributed by atoms with van der Waals surface area (Å²) in [5, 5.41) is 7.61. The van der Waals surface area contributed by atoms with E-state index in [0.29, 0.717) is 13.0 Å². The van der Waals surface area contributed by atoms with Gasteiger partial charge in [-0.2, -0.15) is 0 Å². The number of likely N-dealkylation sites (N-methyl/N-ethyl adjacent to an activating group) is 1. The van der Waals surface area contributed by atoms with Gasteiger partial charge in [-0.05, 0) is 19.9 Å². The van der Waals surface area contributed by atoms with Crippen LogP contribution >= 0.6 is 0 Å². The van der Waals surface area contributed by atoms with E-state index in [2.05, 4.69) is 29.8 Å². The molecule has 0 saturated carbocycles. The zero-order chi connectivity index (χ0) is 22.8. The lowest BCUT2D eigenvalue weighted by Gasteiger charge is -2.00. The molecule has 0 aromatic carbocycles. The maximum atomic E-state index is 10.6. The maximum absolute atomic E-state index is 10.6. The van der Waals surface area contributed by atoms with Crippen molar-refractivity contribution in [3.05, 3.63) is 0 Å². The fourth-order valence-electron chi connectivity index (χ4n) is 1.27. The summed E-state index contributed by atoms with van der Waals surface area (Å²) in [5.74, 6) is -1.04. The largest absolute Gasteiger partial charge is 0.370 e. The van der Waals surface area contributed by atoms with Crippen molar-refractivity contribution in [1.29, 1.82) is 0 Å². The molecule has 0 aliphatic carbocycles. The number of nitrogens with two attached hydrogens (primary N) is 2. The Labute approximate surface area is 170 Å². The second-order valence-electron chi connectivity index (χ2n) is 5.53. The van der Waals surface area contributed by atoms with Crippen molar-refractivity contribution in [3.8, 4) is 0 Å². The molecular formula is C19H43N5O4. The molecular weight excluding hydrogens is 362 g/mol. The molecule has 0 unspecified atom stereocenters. The Bertz CT molecular complexity index is 371. The minimum Gasteiger partial charge on any atom is -0.370 e. The van der Waals surface area contributed by atoms with Crippen LogP contribution in [0.3, 0.4) is 0 Å². The molecule has 0 aromatic rings. The zero-order valence-electron chi connectivity index (χ0n) is 18.7. The molecule has 0 radical (unpaired) electrons. The summed E-state index contributed by atoms with van der Waals surface area (Å²) in [6, 6.07) is 0. The van der Waals surface area contributed by atoms with Gasteiger partial charge in [0.2, 0.25) is 23.6 Å². The highest BCUT2D eigenvalue weighted by Crippen LogP contribution is 1.97. The van der Waals surface area contributed by atoms with Crippen molar-refractivity contribution in [1.82, 2.24) is 16.0 Å². The van der Waals surface area contributed by atoms with Gasteiger partial charge in [0, 0.05) is 19.9 Å². The topological polar surface area (TPSA) is 156 Å². The quantitative estimate of drug-likeness (QED) is 0.321. The predicted octanol–water partition coefficient (Wildman–Crippen LogP) is 0.808. The van der Waals surface area contributed by atoms with E-state index in [1.54, 1.807) is 7.05 Å². The summed E-state index contributed by atoms with van der Waals surface area (Å²) in [5.41, 5.74) is 9.71. The number of hydrogen-bond donors (Lipinski definition) is 5. The van der Waals surface area contributed by atoms with Crippen molar-refractivity contribution in [2.45, 2.75) is 73.1 Å². The Hall–Kier alpha value is -2.16. The van der Waals surface area contributed by atoms with E-state index >= 15 is 0 Å². The average Bonchev–Trinajstić information content (AvgIpc) is 2.65. The second-order valence-corrected chi connectivity index (χ2v) is 5.53. The van der Waals surface area contributed by atoms with Crippen LogP contribution in [-0.2, 0) is 19.2 Å². The molecule has 0 saturated heterocycles. The lowest BCUT2D eigenvalue weighted by atomic mass is 10.2. The van der Waals surface area contributed by atoms with E-state index in [1.165, 1.54) is 19.8 Å². The average molecular weight is 406 g/mol. The van der Waals surface area contributed by atoms with E-state index in [9.17, 15) is 19.2 Å². The normalized spacial score (nSPS) is 8.50. The first-order chi connectivity index (χ1) is 13.2. The number of amides is 4. The van der Waals surface area contributed by atoms with Crippen molar-refractivity contribution in [3.63, 3.8) is 0 Å². The maximum Gasteiger partial charge on any atom is 0.236 e. The number of hydrogen-bond acceptors (Lipinski definition) is 5. The molecule has 0 heterocycles. The van der Waals surface area contributed by atoms with Crippen molar-refractivity contribution < 1.29 is 19.2 Å². The third-order valence-corrected chi connectivity index (χ3v) is 2.77. The summed E-state index contributed by atoms with van der Waals surface area (Å²) in [6.07, 6.45) is 5.74. The highest BCUT2D eigenvalue weighted by molar-refractivity contribution is 5.84. The van der Waals surface area contributed by atoms with Gasteiger partial charge in [0.1, 0.15) is 0 Å². The fraction of sp³-hybridized carbons (Fsp3) is 0.789. The fourth-order valence-corrected chi connectivity index (χ4v) is 1.27. The van der Waals surface area contributed by atoms with Crippen LogP contribution in [0.1, 0.15) is 73.1 Å². The number of rotatable bonds is 11. The first kappa shape index (κ1) is 33.4. The van der Waals surface area contributed by atoms with Gasteiger partial charge in [0.05, 0.1) is 13.1 Å². The molecule has 7 N–H and O–H groups in total. The van der Waals surface area contributed by atoms with Crippen LogP contribution in [0.15, 0.2) is 0 Å². The van der Waals surface area contributed by atoms with Gasteiger partial charge in [-0.1, -0.05) is 47.0 Å². The van der Waals surface area contributed by atoms with Crippen molar-refractivity contribution >= 4 is 23.6 Å². The van der Waals surface area contributed by atoms with Crippen molar-refractivity contribution in [2.75, 3.05) is 26.7 Å². The minimum atomic E-state index is -0.538. The third kappa shape index (κ3) is 49.6. The molecule has 0 aromatic heterocycles. The number of carbonyl (C=O) groups is 4.